The van der Waals surface area contributed by atoms with Gasteiger partial charge in [-0.3, -0.25) is 4.79 Å². The first-order valence-electron chi connectivity index (χ1n) is 23.9. The van der Waals surface area contributed by atoms with Crippen LogP contribution in [0.5, 0.6) is 0 Å². The number of rotatable bonds is 8. The van der Waals surface area contributed by atoms with Crippen LogP contribution in [0, 0.1) is 40.4 Å². The van der Waals surface area contributed by atoms with E-state index in [1.165, 1.54) is 12.5 Å². The zero-order chi connectivity index (χ0) is 46.7. The summed E-state index contributed by atoms with van der Waals surface area (Å²) in [6.45, 7) is 11.4. The highest BCUT2D eigenvalue weighted by atomic mass is 16.8. The second-order valence-electron chi connectivity index (χ2n) is 21.4. The Labute approximate surface area is 379 Å². The van der Waals surface area contributed by atoms with Crippen LogP contribution in [-0.2, 0) is 47.4 Å². The summed E-state index contributed by atoms with van der Waals surface area (Å²) in [4.78, 5) is 11.9. The number of hydrogen-bond acceptors (Lipinski definition) is 19. The van der Waals surface area contributed by atoms with Gasteiger partial charge in [-0.1, -0.05) is 39.3 Å². The van der Waals surface area contributed by atoms with E-state index in [2.05, 4.69) is 33.8 Å². The maximum atomic E-state index is 12.8. The summed E-state index contributed by atoms with van der Waals surface area (Å²) in [6, 6.07) is 0. The Hall–Kier alpha value is -1.47. The SMILES string of the molecule is CC(=O)OC1OC(OC2C(OC3CCC4(C)C(=CCC5C4CCC4(C)C5CC5OC6(CCC(C)CO6)C(C)C54O)C3)OC(CO)C(O)C2OC2OC(C)C(O)C(O)C2O)C(O)C(O)C1O. The van der Waals surface area contributed by atoms with Crippen molar-refractivity contribution in [3.05, 3.63) is 11.6 Å². The number of aliphatic hydroxyl groups is 9. The summed E-state index contributed by atoms with van der Waals surface area (Å²) >= 11 is 0. The molecular weight excluding hydrogens is 856 g/mol. The van der Waals surface area contributed by atoms with Crippen LogP contribution < -0.4 is 0 Å². The van der Waals surface area contributed by atoms with Crippen LogP contribution >= 0.6 is 0 Å². The van der Waals surface area contributed by atoms with E-state index in [0.717, 1.165) is 51.9 Å². The number of allylic oxidation sites excluding steroid dienone is 1. The summed E-state index contributed by atoms with van der Waals surface area (Å²) in [5.74, 6) is -0.366. The molecule has 0 bridgehead atoms. The molecule has 19 heteroatoms. The fourth-order valence-electron chi connectivity index (χ4n) is 14.0. The van der Waals surface area contributed by atoms with E-state index in [-0.39, 0.29) is 28.8 Å². The number of ether oxygens (including phenoxy) is 9. The third kappa shape index (κ3) is 7.79. The molecule has 5 saturated heterocycles. The second-order valence-corrected chi connectivity index (χ2v) is 21.4. The van der Waals surface area contributed by atoms with Crippen molar-refractivity contribution in [2.45, 2.75) is 215 Å². The lowest BCUT2D eigenvalue weighted by molar-refractivity contribution is -0.404. The highest BCUT2D eigenvalue weighted by Gasteiger charge is 2.76. The zero-order valence-corrected chi connectivity index (χ0v) is 38.2. The highest BCUT2D eigenvalue weighted by Crippen LogP contribution is 2.72. The fraction of sp³-hybridized carbons (Fsp3) is 0.935. The second kappa shape index (κ2) is 17.7. The molecule has 65 heavy (non-hydrogen) atoms. The standard InChI is InChI=1S/C46H72O19/c1-19-9-14-45(57-18-19)21(3)46(56)29(65-45)16-27-25-8-7-23-15-24(10-12-43(23,5)26(25)11-13-44(27,46)6)60-42-38(63-41-36(55)33(52)35(54)40(64-41)59-22(4)48)37(31(50)28(17-47)61-42)62-39-34(53)32(51)30(49)20(2)58-39/h7,19-21,24-42,47,49-56H,8-18H2,1-6H3. The lowest BCUT2D eigenvalue weighted by Crippen LogP contribution is -2.67. The van der Waals surface area contributed by atoms with Crippen LogP contribution in [0.25, 0.3) is 0 Å². The van der Waals surface area contributed by atoms with E-state index >= 15 is 0 Å². The molecule has 1 spiro atoms. The molecule has 5 heterocycles. The Morgan fingerprint density at radius 1 is 0.754 bits per heavy atom. The van der Waals surface area contributed by atoms with Crippen molar-refractivity contribution in [3.63, 3.8) is 0 Å². The maximum Gasteiger partial charge on any atom is 0.305 e. The molecule has 4 aliphatic carbocycles. The van der Waals surface area contributed by atoms with E-state index in [0.29, 0.717) is 37.2 Å². The Morgan fingerprint density at radius 2 is 1.43 bits per heavy atom. The van der Waals surface area contributed by atoms with Crippen LogP contribution in [-0.4, -0.2) is 181 Å². The number of esters is 1. The predicted molar refractivity (Wildman–Crippen MR) is 220 cm³/mol. The van der Waals surface area contributed by atoms with Gasteiger partial charge in [-0.25, -0.2) is 0 Å². The number of hydrogen-bond donors (Lipinski definition) is 9. The van der Waals surface area contributed by atoms with Gasteiger partial charge in [-0.05, 0) is 87.4 Å². The molecule has 5 aliphatic heterocycles. The molecule has 0 aromatic heterocycles. The van der Waals surface area contributed by atoms with Crippen molar-refractivity contribution < 1.29 is 93.4 Å². The molecule has 19 nitrogen and oxygen atoms in total. The first-order chi connectivity index (χ1) is 30.7. The molecule has 26 atom stereocenters. The predicted octanol–water partition coefficient (Wildman–Crippen LogP) is -0.143. The summed E-state index contributed by atoms with van der Waals surface area (Å²) in [7, 11) is 0. The van der Waals surface area contributed by atoms with E-state index < -0.39 is 122 Å². The van der Waals surface area contributed by atoms with Gasteiger partial charge in [-0.15, -0.1) is 0 Å². The van der Waals surface area contributed by atoms with Gasteiger partial charge in [-0.2, -0.15) is 0 Å². The Balaban J connectivity index is 0.955. The van der Waals surface area contributed by atoms with Crippen LogP contribution in [0.2, 0.25) is 0 Å². The van der Waals surface area contributed by atoms with Gasteiger partial charge >= 0.3 is 5.97 Å². The van der Waals surface area contributed by atoms with E-state index in [4.69, 9.17) is 42.6 Å². The van der Waals surface area contributed by atoms with Gasteiger partial charge in [0.1, 0.15) is 66.6 Å². The van der Waals surface area contributed by atoms with E-state index in [1.807, 2.05) is 0 Å². The molecule has 9 aliphatic rings. The Morgan fingerprint density at radius 3 is 2.11 bits per heavy atom. The number of aliphatic hydroxyl groups excluding tert-OH is 8. The normalized spacial score (nSPS) is 56.6. The van der Waals surface area contributed by atoms with Gasteiger partial charge in [0.25, 0.3) is 0 Å². The van der Waals surface area contributed by atoms with Gasteiger partial charge < -0.3 is 88.6 Å². The van der Waals surface area contributed by atoms with E-state index in [9.17, 15) is 50.8 Å². The quantitative estimate of drug-likeness (QED) is 0.113. The first-order valence-corrected chi connectivity index (χ1v) is 23.9. The number of carbonyl (C=O) groups excluding carboxylic acids is 1. The van der Waals surface area contributed by atoms with Crippen molar-refractivity contribution in [2.75, 3.05) is 13.2 Å². The van der Waals surface area contributed by atoms with Crippen LogP contribution in [0.15, 0.2) is 11.6 Å². The highest BCUT2D eigenvalue weighted by molar-refractivity contribution is 5.66. The topological polar surface area (TPSA) is 282 Å². The summed E-state index contributed by atoms with van der Waals surface area (Å²) in [5.41, 5.74) is -0.278. The Kier molecular flexibility index (Phi) is 13.2. The van der Waals surface area contributed by atoms with Crippen molar-refractivity contribution in [2.24, 2.45) is 40.4 Å². The lowest BCUT2D eigenvalue weighted by Gasteiger charge is -2.60. The molecule has 0 amide bonds. The van der Waals surface area contributed by atoms with Crippen LogP contribution in [0.4, 0.5) is 0 Å². The molecule has 8 fully saturated rings. The Bertz CT molecular complexity index is 1760. The van der Waals surface area contributed by atoms with Crippen molar-refractivity contribution in [1.82, 2.24) is 0 Å². The smallest absolute Gasteiger partial charge is 0.305 e. The summed E-state index contributed by atoms with van der Waals surface area (Å²) in [5, 5.41) is 99.2. The van der Waals surface area contributed by atoms with Crippen molar-refractivity contribution in [1.29, 1.82) is 0 Å². The molecule has 0 radical (unpaired) electrons. The third-order valence-corrected chi connectivity index (χ3v) is 17.9. The monoisotopic (exact) mass is 928 g/mol. The average molecular weight is 929 g/mol. The summed E-state index contributed by atoms with van der Waals surface area (Å²) in [6.07, 6.45) is -16.1. The first kappa shape index (κ1) is 48.5. The molecule has 26 unspecified atom stereocenters. The molecule has 0 aromatic carbocycles. The maximum absolute atomic E-state index is 12.8. The molecule has 370 valence electrons. The van der Waals surface area contributed by atoms with Crippen LogP contribution in [0.3, 0.4) is 0 Å². The van der Waals surface area contributed by atoms with Gasteiger partial charge in [0.15, 0.2) is 24.7 Å². The summed E-state index contributed by atoms with van der Waals surface area (Å²) < 4.78 is 55.0. The van der Waals surface area contributed by atoms with Gasteiger partial charge in [0.2, 0.25) is 6.29 Å². The van der Waals surface area contributed by atoms with Gasteiger partial charge in [0.05, 0.1) is 31.5 Å². The van der Waals surface area contributed by atoms with Crippen molar-refractivity contribution in [3.8, 4) is 0 Å². The van der Waals surface area contributed by atoms with E-state index in [1.54, 1.807) is 0 Å². The molecule has 9 rings (SSSR count). The van der Waals surface area contributed by atoms with Crippen molar-refractivity contribution >= 4 is 5.97 Å². The molecular formula is C46H72O19. The fourth-order valence-corrected chi connectivity index (χ4v) is 14.0. The van der Waals surface area contributed by atoms with Crippen LogP contribution in [0.1, 0.15) is 99.3 Å². The number of fused-ring (bicyclic) bond motifs is 7. The molecule has 0 aromatic rings. The minimum absolute atomic E-state index is 0.161. The largest absolute Gasteiger partial charge is 0.433 e. The minimum atomic E-state index is -1.94. The zero-order valence-electron chi connectivity index (χ0n) is 38.2. The molecule has 9 N–H and O–H groups in total. The van der Waals surface area contributed by atoms with Gasteiger partial charge in [0, 0.05) is 24.7 Å². The third-order valence-electron chi connectivity index (χ3n) is 17.9. The molecule has 3 saturated carbocycles. The lowest BCUT2D eigenvalue weighted by atomic mass is 9.46. The minimum Gasteiger partial charge on any atom is -0.433 e. The average Bonchev–Trinajstić information content (AvgIpc) is 3.63. The number of carbonyl (C=O) groups is 1.